The fourth-order valence-electron chi connectivity index (χ4n) is 2.13. The fraction of sp³-hybridized carbons (Fsp3) is 0.364. The summed E-state index contributed by atoms with van der Waals surface area (Å²) in [6, 6.07) is 3.64. The van der Waals surface area contributed by atoms with Crippen molar-refractivity contribution >= 4 is 5.82 Å². The zero-order valence-electron chi connectivity index (χ0n) is 8.93. The monoisotopic (exact) mass is 215 g/mol. The third-order valence-electron chi connectivity index (χ3n) is 2.95. The molecule has 3 rings (SSSR count). The van der Waals surface area contributed by atoms with E-state index in [1.165, 1.54) is 24.2 Å². The summed E-state index contributed by atoms with van der Waals surface area (Å²) in [6.07, 6.45) is 6.43. The van der Waals surface area contributed by atoms with E-state index in [1.54, 1.807) is 6.07 Å². The number of anilines is 1. The number of imidazole rings is 1. The second-order valence-corrected chi connectivity index (χ2v) is 4.03. The summed E-state index contributed by atoms with van der Waals surface area (Å²) in [6.45, 7) is 0. The van der Waals surface area contributed by atoms with E-state index >= 15 is 0 Å². The van der Waals surface area contributed by atoms with Crippen LogP contribution in [0.4, 0.5) is 5.82 Å². The third-order valence-corrected chi connectivity index (χ3v) is 2.95. The van der Waals surface area contributed by atoms with Gasteiger partial charge in [-0.25, -0.2) is 4.98 Å². The maximum Gasteiger partial charge on any atom is 0.160 e. The minimum absolute atomic E-state index is 0.442. The van der Waals surface area contributed by atoms with E-state index in [0.29, 0.717) is 5.82 Å². The Balaban J connectivity index is 2.06. The topological polar surface area (TPSA) is 69.6 Å². The van der Waals surface area contributed by atoms with Crippen molar-refractivity contribution in [2.45, 2.75) is 25.7 Å². The summed E-state index contributed by atoms with van der Waals surface area (Å²) in [5, 5.41) is 7.94. The number of nitrogen functional groups attached to an aromatic ring is 1. The van der Waals surface area contributed by atoms with Gasteiger partial charge >= 0.3 is 0 Å². The van der Waals surface area contributed by atoms with Crippen LogP contribution in [0.15, 0.2) is 18.5 Å². The lowest BCUT2D eigenvalue weighted by atomic mass is 10.0. The Hall–Kier alpha value is -1.91. The molecule has 16 heavy (non-hydrogen) atoms. The number of nitrogens with two attached hydrogens (primary N) is 1. The van der Waals surface area contributed by atoms with Crippen molar-refractivity contribution < 1.29 is 0 Å². The second-order valence-electron chi connectivity index (χ2n) is 4.03. The average molecular weight is 215 g/mol. The highest BCUT2D eigenvalue weighted by molar-refractivity contribution is 5.34. The highest BCUT2D eigenvalue weighted by Gasteiger charge is 2.16. The molecule has 2 heterocycles. The Morgan fingerprint density at radius 1 is 1.12 bits per heavy atom. The first-order chi connectivity index (χ1) is 7.84. The first kappa shape index (κ1) is 9.33. The van der Waals surface area contributed by atoms with Crippen LogP contribution in [0, 0.1) is 0 Å². The molecule has 0 bridgehead atoms. The summed E-state index contributed by atoms with van der Waals surface area (Å²) in [4.78, 5) is 4.42. The summed E-state index contributed by atoms with van der Waals surface area (Å²) >= 11 is 0. The minimum atomic E-state index is 0.442. The minimum Gasteiger partial charge on any atom is -0.382 e. The molecule has 0 saturated carbocycles. The summed E-state index contributed by atoms with van der Waals surface area (Å²) in [5.74, 6) is 1.24. The molecule has 0 amide bonds. The SMILES string of the molecule is Nc1ccc(-n2cnc3c2CCCC3)nn1. The second kappa shape index (κ2) is 3.59. The first-order valence-electron chi connectivity index (χ1n) is 5.49. The van der Waals surface area contributed by atoms with E-state index in [4.69, 9.17) is 5.73 Å². The molecular weight excluding hydrogens is 202 g/mol. The zero-order valence-corrected chi connectivity index (χ0v) is 8.93. The van der Waals surface area contributed by atoms with Gasteiger partial charge in [-0.2, -0.15) is 0 Å². The maximum absolute atomic E-state index is 5.52. The molecule has 0 aromatic carbocycles. The molecule has 0 spiro atoms. The number of hydrogen-bond donors (Lipinski definition) is 1. The Bertz CT molecular complexity index is 500. The van der Waals surface area contributed by atoms with Crippen LogP contribution in [-0.4, -0.2) is 19.7 Å². The molecule has 2 N–H and O–H groups in total. The maximum atomic E-state index is 5.52. The highest BCUT2D eigenvalue weighted by atomic mass is 15.2. The van der Waals surface area contributed by atoms with Crippen molar-refractivity contribution in [3.8, 4) is 5.82 Å². The van der Waals surface area contributed by atoms with Crippen LogP contribution in [0.3, 0.4) is 0 Å². The Labute approximate surface area is 93.3 Å². The smallest absolute Gasteiger partial charge is 0.160 e. The summed E-state index contributed by atoms with van der Waals surface area (Å²) in [7, 11) is 0. The van der Waals surface area contributed by atoms with Gasteiger partial charge < -0.3 is 5.73 Å². The molecular formula is C11H13N5. The van der Waals surface area contributed by atoms with Crippen molar-refractivity contribution in [2.24, 2.45) is 0 Å². The molecule has 1 aliphatic carbocycles. The van der Waals surface area contributed by atoms with Crippen LogP contribution in [0.5, 0.6) is 0 Å². The first-order valence-corrected chi connectivity index (χ1v) is 5.49. The van der Waals surface area contributed by atoms with Gasteiger partial charge in [0.15, 0.2) is 5.82 Å². The van der Waals surface area contributed by atoms with Gasteiger partial charge in [0.2, 0.25) is 0 Å². The summed E-state index contributed by atoms with van der Waals surface area (Å²) in [5.41, 5.74) is 7.99. The Morgan fingerprint density at radius 3 is 2.81 bits per heavy atom. The largest absolute Gasteiger partial charge is 0.382 e. The van der Waals surface area contributed by atoms with Crippen LogP contribution < -0.4 is 5.73 Å². The molecule has 0 radical (unpaired) electrons. The molecule has 82 valence electrons. The average Bonchev–Trinajstić information content (AvgIpc) is 2.74. The lowest BCUT2D eigenvalue weighted by Gasteiger charge is -2.12. The van der Waals surface area contributed by atoms with Crippen LogP contribution in [0.2, 0.25) is 0 Å². The molecule has 5 heteroatoms. The molecule has 0 fully saturated rings. The van der Waals surface area contributed by atoms with Crippen LogP contribution in [0.1, 0.15) is 24.2 Å². The van der Waals surface area contributed by atoms with Crippen molar-refractivity contribution in [3.05, 3.63) is 29.8 Å². The molecule has 0 saturated heterocycles. The normalized spacial score (nSPS) is 14.8. The number of aromatic nitrogens is 4. The number of aryl methyl sites for hydroxylation is 1. The molecule has 2 aromatic rings. The van der Waals surface area contributed by atoms with Crippen molar-refractivity contribution in [1.29, 1.82) is 0 Å². The van der Waals surface area contributed by atoms with Gasteiger partial charge in [-0.1, -0.05) is 0 Å². The number of nitrogens with zero attached hydrogens (tertiary/aromatic N) is 4. The van der Waals surface area contributed by atoms with Gasteiger partial charge in [0.1, 0.15) is 12.1 Å². The quantitative estimate of drug-likeness (QED) is 0.774. The van der Waals surface area contributed by atoms with Crippen LogP contribution in [0.25, 0.3) is 5.82 Å². The standard InChI is InChI=1S/C11H13N5/c12-10-5-6-11(15-14-10)16-7-13-8-3-1-2-4-9(8)16/h5-7H,1-4H2,(H2,12,14). The molecule has 0 atom stereocenters. The van der Waals surface area contributed by atoms with Crippen LogP contribution in [-0.2, 0) is 12.8 Å². The van der Waals surface area contributed by atoms with E-state index in [1.807, 2.05) is 17.0 Å². The lowest BCUT2D eigenvalue weighted by Crippen LogP contribution is -2.08. The van der Waals surface area contributed by atoms with Gasteiger partial charge in [-0.3, -0.25) is 4.57 Å². The summed E-state index contributed by atoms with van der Waals surface area (Å²) < 4.78 is 2.01. The van der Waals surface area contributed by atoms with Crippen molar-refractivity contribution in [1.82, 2.24) is 19.7 Å². The molecule has 2 aromatic heterocycles. The Kier molecular flexibility index (Phi) is 2.09. The Morgan fingerprint density at radius 2 is 2.00 bits per heavy atom. The fourth-order valence-corrected chi connectivity index (χ4v) is 2.13. The third kappa shape index (κ3) is 1.44. The predicted octanol–water partition coefficient (Wildman–Crippen LogP) is 1.12. The van der Waals surface area contributed by atoms with E-state index in [2.05, 4.69) is 15.2 Å². The van der Waals surface area contributed by atoms with Gasteiger partial charge in [-0.05, 0) is 37.8 Å². The van der Waals surface area contributed by atoms with Crippen LogP contribution >= 0.6 is 0 Å². The number of fused-ring (bicyclic) bond motifs is 1. The number of hydrogen-bond acceptors (Lipinski definition) is 4. The number of rotatable bonds is 1. The van der Waals surface area contributed by atoms with Gasteiger partial charge in [-0.15, -0.1) is 10.2 Å². The zero-order chi connectivity index (χ0) is 11.0. The van der Waals surface area contributed by atoms with Gasteiger partial charge in [0.25, 0.3) is 0 Å². The van der Waals surface area contributed by atoms with E-state index in [9.17, 15) is 0 Å². The van der Waals surface area contributed by atoms with Crippen molar-refractivity contribution in [2.75, 3.05) is 5.73 Å². The molecule has 0 aliphatic heterocycles. The lowest BCUT2D eigenvalue weighted by molar-refractivity contribution is 0.653. The van der Waals surface area contributed by atoms with E-state index in [-0.39, 0.29) is 0 Å². The molecule has 0 unspecified atom stereocenters. The van der Waals surface area contributed by atoms with Crippen molar-refractivity contribution in [3.63, 3.8) is 0 Å². The van der Waals surface area contributed by atoms with E-state index < -0.39 is 0 Å². The van der Waals surface area contributed by atoms with Gasteiger partial charge in [0.05, 0.1) is 5.69 Å². The molecule has 1 aliphatic rings. The highest BCUT2D eigenvalue weighted by Crippen LogP contribution is 2.21. The predicted molar refractivity (Wildman–Crippen MR) is 60.2 cm³/mol. The van der Waals surface area contributed by atoms with E-state index in [0.717, 1.165) is 18.7 Å². The molecule has 5 nitrogen and oxygen atoms in total. The van der Waals surface area contributed by atoms with Gasteiger partial charge in [0, 0.05) is 5.69 Å².